The molecular formula is C15H20N2O. The van der Waals surface area contributed by atoms with E-state index in [-0.39, 0.29) is 0 Å². The van der Waals surface area contributed by atoms with Crippen molar-refractivity contribution in [2.75, 3.05) is 18.5 Å². The van der Waals surface area contributed by atoms with Crippen molar-refractivity contribution in [3.05, 3.63) is 30.0 Å². The van der Waals surface area contributed by atoms with Gasteiger partial charge in [-0.2, -0.15) is 0 Å². The molecule has 0 saturated carbocycles. The third-order valence-corrected chi connectivity index (χ3v) is 2.80. The molecule has 0 bridgehead atoms. The van der Waals surface area contributed by atoms with Crippen molar-refractivity contribution in [3.63, 3.8) is 0 Å². The second kappa shape index (κ2) is 5.71. The van der Waals surface area contributed by atoms with E-state index in [1.807, 2.05) is 26.0 Å². The number of aryl methyl sites for hydroxylation is 1. The van der Waals surface area contributed by atoms with Gasteiger partial charge in [0.2, 0.25) is 0 Å². The highest BCUT2D eigenvalue weighted by molar-refractivity contribution is 5.95. The number of hydrogen-bond acceptors (Lipinski definition) is 3. The zero-order valence-electron chi connectivity index (χ0n) is 11.3. The maximum atomic E-state index is 5.64. The average Bonchev–Trinajstić information content (AvgIpc) is 2.37. The van der Waals surface area contributed by atoms with Crippen LogP contribution in [0.15, 0.2) is 24.3 Å². The van der Waals surface area contributed by atoms with Crippen LogP contribution in [0.3, 0.4) is 0 Å². The molecule has 0 unspecified atom stereocenters. The minimum Gasteiger partial charge on any atom is -0.492 e. The Morgan fingerprint density at radius 3 is 2.83 bits per heavy atom. The number of nitrogens with zero attached hydrogens (tertiary/aromatic N) is 1. The minimum atomic E-state index is 0.659. The molecule has 2 rings (SSSR count). The predicted octanol–water partition coefficient (Wildman–Crippen LogP) is 3.76. The van der Waals surface area contributed by atoms with E-state index < -0.39 is 0 Å². The quantitative estimate of drug-likeness (QED) is 0.869. The third kappa shape index (κ3) is 2.55. The highest BCUT2D eigenvalue weighted by atomic mass is 16.5. The number of anilines is 1. The molecule has 0 saturated heterocycles. The molecule has 0 aliphatic rings. The molecule has 3 heteroatoms. The van der Waals surface area contributed by atoms with Gasteiger partial charge in [-0.05, 0) is 32.4 Å². The smallest absolute Gasteiger partial charge is 0.145 e. The van der Waals surface area contributed by atoms with Crippen LogP contribution in [-0.4, -0.2) is 18.1 Å². The summed E-state index contributed by atoms with van der Waals surface area (Å²) >= 11 is 0. The topological polar surface area (TPSA) is 34.2 Å². The normalized spacial score (nSPS) is 10.6. The van der Waals surface area contributed by atoms with Gasteiger partial charge in [0.25, 0.3) is 0 Å². The van der Waals surface area contributed by atoms with Crippen molar-refractivity contribution >= 4 is 16.6 Å². The Balaban J connectivity index is 2.54. The first-order valence-electron chi connectivity index (χ1n) is 6.53. The van der Waals surface area contributed by atoms with E-state index in [0.717, 1.165) is 41.0 Å². The first-order valence-corrected chi connectivity index (χ1v) is 6.53. The van der Waals surface area contributed by atoms with Crippen LogP contribution in [0.2, 0.25) is 0 Å². The van der Waals surface area contributed by atoms with Gasteiger partial charge in [-0.25, -0.2) is 4.98 Å². The number of fused-ring (bicyclic) bond motifs is 1. The monoisotopic (exact) mass is 244 g/mol. The highest BCUT2D eigenvalue weighted by Gasteiger charge is 2.08. The first kappa shape index (κ1) is 12.7. The molecule has 0 atom stereocenters. The molecule has 0 radical (unpaired) electrons. The van der Waals surface area contributed by atoms with Crippen molar-refractivity contribution < 1.29 is 4.74 Å². The molecule has 2 aromatic rings. The Labute approximate surface area is 108 Å². The second-order valence-corrected chi connectivity index (χ2v) is 4.32. The van der Waals surface area contributed by atoms with Gasteiger partial charge in [-0.1, -0.05) is 19.1 Å². The van der Waals surface area contributed by atoms with Gasteiger partial charge >= 0.3 is 0 Å². The molecule has 0 fully saturated rings. The molecule has 1 aromatic heterocycles. The van der Waals surface area contributed by atoms with Crippen LogP contribution in [0.5, 0.6) is 5.75 Å². The third-order valence-electron chi connectivity index (χ3n) is 2.80. The molecular weight excluding hydrogens is 224 g/mol. The average molecular weight is 244 g/mol. The maximum absolute atomic E-state index is 5.64. The van der Waals surface area contributed by atoms with Gasteiger partial charge < -0.3 is 10.1 Å². The minimum absolute atomic E-state index is 0.659. The molecule has 0 aliphatic heterocycles. The van der Waals surface area contributed by atoms with Crippen molar-refractivity contribution in [1.82, 2.24) is 4.98 Å². The largest absolute Gasteiger partial charge is 0.492 e. The van der Waals surface area contributed by atoms with Gasteiger partial charge in [0.1, 0.15) is 11.3 Å². The van der Waals surface area contributed by atoms with Gasteiger partial charge in [-0.3, -0.25) is 0 Å². The van der Waals surface area contributed by atoms with Crippen LogP contribution in [0.1, 0.15) is 26.0 Å². The van der Waals surface area contributed by atoms with Crippen molar-refractivity contribution in [2.24, 2.45) is 0 Å². The summed E-state index contributed by atoms with van der Waals surface area (Å²) in [5, 5.41) is 4.58. The Bertz CT molecular complexity index is 537. The molecule has 0 aliphatic carbocycles. The second-order valence-electron chi connectivity index (χ2n) is 4.32. The maximum Gasteiger partial charge on any atom is 0.145 e. The predicted molar refractivity (Wildman–Crippen MR) is 76.4 cm³/mol. The van der Waals surface area contributed by atoms with Gasteiger partial charge in [0, 0.05) is 23.3 Å². The number of rotatable bonds is 5. The van der Waals surface area contributed by atoms with E-state index in [9.17, 15) is 0 Å². The summed E-state index contributed by atoms with van der Waals surface area (Å²) in [4.78, 5) is 4.60. The number of benzene rings is 1. The lowest BCUT2D eigenvalue weighted by Gasteiger charge is -2.12. The zero-order valence-corrected chi connectivity index (χ0v) is 11.3. The Morgan fingerprint density at radius 1 is 1.28 bits per heavy atom. The van der Waals surface area contributed by atoms with Crippen LogP contribution < -0.4 is 10.1 Å². The van der Waals surface area contributed by atoms with E-state index in [1.165, 1.54) is 0 Å². The number of ether oxygens (including phenoxy) is 1. The fourth-order valence-corrected chi connectivity index (χ4v) is 2.03. The van der Waals surface area contributed by atoms with E-state index in [2.05, 4.69) is 29.4 Å². The molecule has 96 valence electrons. The molecule has 3 nitrogen and oxygen atoms in total. The summed E-state index contributed by atoms with van der Waals surface area (Å²) in [6, 6.07) is 8.17. The lowest BCUT2D eigenvalue weighted by molar-refractivity contribution is 0.343. The van der Waals surface area contributed by atoms with Crippen LogP contribution in [0, 0.1) is 6.92 Å². The molecule has 0 spiro atoms. The van der Waals surface area contributed by atoms with E-state index in [0.29, 0.717) is 6.61 Å². The zero-order chi connectivity index (χ0) is 13.0. The SMILES string of the molecule is CCCNc1cc(C)nc2c(OCC)cccc12. The number of aromatic nitrogens is 1. The number of hydrogen-bond donors (Lipinski definition) is 1. The molecule has 1 N–H and O–H groups in total. The van der Waals surface area contributed by atoms with E-state index >= 15 is 0 Å². The van der Waals surface area contributed by atoms with Crippen LogP contribution in [-0.2, 0) is 0 Å². The van der Waals surface area contributed by atoms with Gasteiger partial charge in [0.15, 0.2) is 0 Å². The summed E-state index contributed by atoms with van der Waals surface area (Å²) in [6.45, 7) is 7.79. The number of nitrogens with one attached hydrogen (secondary N) is 1. The molecule has 1 heterocycles. The van der Waals surface area contributed by atoms with Gasteiger partial charge in [0.05, 0.1) is 6.61 Å². The van der Waals surface area contributed by atoms with Crippen molar-refractivity contribution in [2.45, 2.75) is 27.2 Å². The molecule has 18 heavy (non-hydrogen) atoms. The Morgan fingerprint density at radius 2 is 2.11 bits per heavy atom. The van der Waals surface area contributed by atoms with Crippen LogP contribution >= 0.6 is 0 Å². The van der Waals surface area contributed by atoms with E-state index in [4.69, 9.17) is 4.74 Å². The molecule has 1 aromatic carbocycles. The molecule has 0 amide bonds. The summed E-state index contributed by atoms with van der Waals surface area (Å²) in [7, 11) is 0. The summed E-state index contributed by atoms with van der Waals surface area (Å²) in [6.07, 6.45) is 1.11. The Hall–Kier alpha value is -1.77. The fraction of sp³-hybridized carbons (Fsp3) is 0.400. The first-order chi connectivity index (χ1) is 8.76. The van der Waals surface area contributed by atoms with E-state index in [1.54, 1.807) is 0 Å². The lowest BCUT2D eigenvalue weighted by atomic mass is 10.1. The summed E-state index contributed by atoms with van der Waals surface area (Å²) < 4.78 is 5.64. The van der Waals surface area contributed by atoms with Crippen molar-refractivity contribution in [1.29, 1.82) is 0 Å². The number of pyridine rings is 1. The summed E-state index contributed by atoms with van der Waals surface area (Å²) in [5.41, 5.74) is 3.09. The van der Waals surface area contributed by atoms with Gasteiger partial charge in [-0.15, -0.1) is 0 Å². The standard InChI is InChI=1S/C15H20N2O/c1-4-9-16-13-10-11(3)17-15-12(13)7-6-8-14(15)18-5-2/h6-8,10H,4-5,9H2,1-3H3,(H,16,17). The fourth-order valence-electron chi connectivity index (χ4n) is 2.03. The summed E-state index contributed by atoms with van der Waals surface area (Å²) in [5.74, 6) is 0.859. The highest BCUT2D eigenvalue weighted by Crippen LogP contribution is 2.30. The lowest BCUT2D eigenvalue weighted by Crippen LogP contribution is -2.02. The van der Waals surface area contributed by atoms with Crippen LogP contribution in [0.25, 0.3) is 10.9 Å². The Kier molecular flexibility index (Phi) is 4.03. The number of para-hydroxylation sites is 1. The van der Waals surface area contributed by atoms with Crippen LogP contribution in [0.4, 0.5) is 5.69 Å². The van der Waals surface area contributed by atoms with Crippen molar-refractivity contribution in [3.8, 4) is 5.75 Å².